The number of aromatic amines is 1. The molecule has 0 unspecified atom stereocenters. The van der Waals surface area contributed by atoms with Crippen LogP contribution in [0.4, 0.5) is 5.82 Å². The van der Waals surface area contributed by atoms with Crippen molar-refractivity contribution >= 4 is 27.7 Å². The van der Waals surface area contributed by atoms with Crippen molar-refractivity contribution in [2.45, 2.75) is 39.7 Å². The largest absolute Gasteiger partial charge is 0.340 e. The van der Waals surface area contributed by atoms with Gasteiger partial charge in [0.05, 0.1) is 0 Å². The van der Waals surface area contributed by atoms with Gasteiger partial charge < -0.3 is 9.88 Å². The Bertz CT molecular complexity index is 600. The van der Waals surface area contributed by atoms with Crippen molar-refractivity contribution in [2.24, 2.45) is 0 Å². The number of hydrogen-bond acceptors (Lipinski definition) is 2. The molecule has 108 valence electrons. The predicted molar refractivity (Wildman–Crippen MR) is 83.1 cm³/mol. The quantitative estimate of drug-likeness (QED) is 0.871. The highest BCUT2D eigenvalue weighted by molar-refractivity contribution is 9.10. The molecule has 0 saturated heterocycles. The Morgan fingerprint density at radius 2 is 2.25 bits per heavy atom. The van der Waals surface area contributed by atoms with Crippen LogP contribution in [0.2, 0.25) is 0 Å². The fourth-order valence-corrected chi connectivity index (χ4v) is 2.50. The van der Waals surface area contributed by atoms with Crippen molar-refractivity contribution in [3.63, 3.8) is 0 Å². The van der Waals surface area contributed by atoms with Crippen LogP contribution in [-0.4, -0.2) is 20.7 Å². The molecule has 0 saturated carbocycles. The fourth-order valence-electron chi connectivity index (χ4n) is 2.06. The Morgan fingerprint density at radius 1 is 1.50 bits per heavy atom. The SMILES string of the molecule is CCCc1cc(NC(=O)c2cc(Br)cn2C(C)C)n[nH]1. The van der Waals surface area contributed by atoms with Crippen LogP contribution in [-0.2, 0) is 6.42 Å². The summed E-state index contributed by atoms with van der Waals surface area (Å²) in [5, 5.41) is 9.85. The van der Waals surface area contributed by atoms with E-state index in [0.29, 0.717) is 11.5 Å². The van der Waals surface area contributed by atoms with Crippen molar-refractivity contribution in [3.05, 3.63) is 34.2 Å². The predicted octanol–water partition coefficient (Wildman–Crippen LogP) is 3.76. The Morgan fingerprint density at radius 3 is 2.90 bits per heavy atom. The van der Waals surface area contributed by atoms with E-state index < -0.39 is 0 Å². The fraction of sp³-hybridized carbons (Fsp3) is 0.429. The van der Waals surface area contributed by atoms with Gasteiger partial charge in [-0.15, -0.1) is 0 Å². The number of halogens is 1. The van der Waals surface area contributed by atoms with Gasteiger partial charge in [-0.25, -0.2) is 0 Å². The van der Waals surface area contributed by atoms with Crippen LogP contribution in [0.15, 0.2) is 22.8 Å². The van der Waals surface area contributed by atoms with E-state index >= 15 is 0 Å². The number of hydrogen-bond donors (Lipinski definition) is 2. The monoisotopic (exact) mass is 338 g/mol. The van der Waals surface area contributed by atoms with E-state index in [1.807, 2.05) is 36.7 Å². The second kappa shape index (κ2) is 6.26. The summed E-state index contributed by atoms with van der Waals surface area (Å²) in [6.07, 6.45) is 3.88. The summed E-state index contributed by atoms with van der Waals surface area (Å²) in [6.45, 7) is 6.18. The van der Waals surface area contributed by atoms with Crippen molar-refractivity contribution in [3.8, 4) is 0 Å². The molecule has 2 aromatic rings. The highest BCUT2D eigenvalue weighted by Gasteiger charge is 2.16. The molecule has 2 N–H and O–H groups in total. The van der Waals surface area contributed by atoms with E-state index in [-0.39, 0.29) is 11.9 Å². The number of nitrogens with one attached hydrogen (secondary N) is 2. The van der Waals surface area contributed by atoms with Gasteiger partial charge in [0.1, 0.15) is 5.69 Å². The van der Waals surface area contributed by atoms with Gasteiger partial charge in [-0.3, -0.25) is 9.89 Å². The zero-order chi connectivity index (χ0) is 14.7. The van der Waals surface area contributed by atoms with Crippen molar-refractivity contribution in [1.82, 2.24) is 14.8 Å². The number of aromatic nitrogens is 3. The van der Waals surface area contributed by atoms with Gasteiger partial charge in [0, 0.05) is 28.5 Å². The normalized spacial score (nSPS) is 11.1. The molecule has 2 aromatic heterocycles. The lowest BCUT2D eigenvalue weighted by molar-refractivity contribution is 0.101. The summed E-state index contributed by atoms with van der Waals surface area (Å²) >= 11 is 3.41. The minimum atomic E-state index is -0.154. The molecule has 5 nitrogen and oxygen atoms in total. The lowest BCUT2D eigenvalue weighted by atomic mass is 10.2. The number of rotatable bonds is 5. The summed E-state index contributed by atoms with van der Waals surface area (Å²) in [4.78, 5) is 12.3. The number of amides is 1. The summed E-state index contributed by atoms with van der Waals surface area (Å²) in [6, 6.07) is 3.91. The minimum absolute atomic E-state index is 0.154. The molecule has 0 radical (unpaired) electrons. The second-order valence-electron chi connectivity index (χ2n) is 5.03. The van der Waals surface area contributed by atoms with Crippen molar-refractivity contribution < 1.29 is 4.79 Å². The topological polar surface area (TPSA) is 62.7 Å². The Hall–Kier alpha value is -1.56. The smallest absolute Gasteiger partial charge is 0.273 e. The summed E-state index contributed by atoms with van der Waals surface area (Å²) in [5.41, 5.74) is 1.65. The van der Waals surface area contributed by atoms with Gasteiger partial charge in [0.25, 0.3) is 5.91 Å². The Kier molecular flexibility index (Phi) is 4.65. The van der Waals surface area contributed by atoms with Gasteiger partial charge >= 0.3 is 0 Å². The number of aryl methyl sites for hydroxylation is 1. The standard InChI is InChI=1S/C14H19BrN4O/c1-4-5-11-7-13(18-17-11)16-14(20)12-6-10(15)8-19(12)9(2)3/h6-9H,4-5H2,1-3H3,(H2,16,17,18,20). The first-order valence-electron chi connectivity index (χ1n) is 6.74. The minimum Gasteiger partial charge on any atom is -0.340 e. The molecule has 0 aliphatic rings. The highest BCUT2D eigenvalue weighted by atomic mass is 79.9. The van der Waals surface area contributed by atoms with Gasteiger partial charge in [-0.1, -0.05) is 13.3 Å². The van der Waals surface area contributed by atoms with E-state index in [9.17, 15) is 4.79 Å². The third-order valence-electron chi connectivity index (χ3n) is 3.00. The van der Waals surface area contributed by atoms with Crippen LogP contribution in [0.25, 0.3) is 0 Å². The van der Waals surface area contributed by atoms with Crippen LogP contribution in [0.5, 0.6) is 0 Å². The maximum absolute atomic E-state index is 12.3. The van der Waals surface area contributed by atoms with Gasteiger partial charge in [-0.2, -0.15) is 5.10 Å². The molecule has 2 heterocycles. The highest BCUT2D eigenvalue weighted by Crippen LogP contribution is 2.20. The zero-order valence-electron chi connectivity index (χ0n) is 11.9. The molecule has 0 fully saturated rings. The maximum atomic E-state index is 12.3. The summed E-state index contributed by atoms with van der Waals surface area (Å²) < 4.78 is 2.82. The molecular formula is C14H19BrN4O. The van der Waals surface area contributed by atoms with E-state index in [2.05, 4.69) is 38.4 Å². The maximum Gasteiger partial charge on any atom is 0.273 e. The zero-order valence-corrected chi connectivity index (χ0v) is 13.5. The lowest BCUT2D eigenvalue weighted by Gasteiger charge is -2.11. The third-order valence-corrected chi connectivity index (χ3v) is 3.43. The first-order chi connectivity index (χ1) is 9.51. The molecule has 1 amide bonds. The Labute approximate surface area is 126 Å². The molecule has 0 atom stereocenters. The van der Waals surface area contributed by atoms with Crippen molar-refractivity contribution in [2.75, 3.05) is 5.32 Å². The molecule has 20 heavy (non-hydrogen) atoms. The van der Waals surface area contributed by atoms with E-state index in [0.717, 1.165) is 23.0 Å². The van der Waals surface area contributed by atoms with Gasteiger partial charge in [0.15, 0.2) is 5.82 Å². The molecule has 0 aromatic carbocycles. The first kappa shape index (κ1) is 14.8. The van der Waals surface area contributed by atoms with Crippen LogP contribution < -0.4 is 5.32 Å². The van der Waals surface area contributed by atoms with Crippen molar-refractivity contribution in [1.29, 1.82) is 0 Å². The molecule has 2 rings (SSSR count). The molecule has 0 bridgehead atoms. The van der Waals surface area contributed by atoms with Gasteiger partial charge in [0.2, 0.25) is 0 Å². The molecular weight excluding hydrogens is 320 g/mol. The molecule has 6 heteroatoms. The number of carbonyl (C=O) groups excluding carboxylic acids is 1. The molecule has 0 aliphatic heterocycles. The van der Waals surface area contributed by atoms with E-state index in [1.54, 1.807) is 0 Å². The summed E-state index contributed by atoms with van der Waals surface area (Å²) in [5.74, 6) is 0.407. The molecule has 0 aliphatic carbocycles. The summed E-state index contributed by atoms with van der Waals surface area (Å²) in [7, 11) is 0. The third kappa shape index (κ3) is 3.30. The Balaban J connectivity index is 2.15. The first-order valence-corrected chi connectivity index (χ1v) is 7.53. The number of nitrogens with zero attached hydrogens (tertiary/aromatic N) is 2. The van der Waals surface area contributed by atoms with E-state index in [1.165, 1.54) is 0 Å². The van der Waals surface area contributed by atoms with Gasteiger partial charge in [-0.05, 0) is 42.3 Å². The average molecular weight is 339 g/mol. The number of carbonyl (C=O) groups is 1. The van der Waals surface area contributed by atoms with E-state index in [4.69, 9.17) is 0 Å². The molecule has 0 spiro atoms. The van der Waals surface area contributed by atoms with Crippen LogP contribution >= 0.6 is 15.9 Å². The lowest BCUT2D eigenvalue weighted by Crippen LogP contribution is -2.17. The number of anilines is 1. The van der Waals surface area contributed by atoms with Crippen LogP contribution in [0.1, 0.15) is 49.4 Å². The van der Waals surface area contributed by atoms with Crippen LogP contribution in [0, 0.1) is 0 Å². The van der Waals surface area contributed by atoms with Crippen LogP contribution in [0.3, 0.4) is 0 Å². The second-order valence-corrected chi connectivity index (χ2v) is 5.94. The number of H-pyrrole nitrogens is 1. The average Bonchev–Trinajstić information content (AvgIpc) is 2.96.